The van der Waals surface area contributed by atoms with Crippen LogP contribution in [0, 0.1) is 5.82 Å². The van der Waals surface area contributed by atoms with E-state index >= 15 is 0 Å². The lowest BCUT2D eigenvalue weighted by Crippen LogP contribution is -2.66. The molecule has 5 rings (SSSR count). The number of hydrogen-bond donors (Lipinski definition) is 1. The number of likely N-dealkylation sites (N-methyl/N-ethyl adjacent to an activating group) is 1. The molecule has 7 nitrogen and oxygen atoms in total. The summed E-state index contributed by atoms with van der Waals surface area (Å²) >= 11 is 5.96. The molecule has 3 fully saturated rings. The maximum Gasteiger partial charge on any atom is 0.328 e. The predicted octanol–water partition coefficient (Wildman–Crippen LogP) is 2.67. The summed E-state index contributed by atoms with van der Waals surface area (Å²) in [6.45, 7) is 1.71. The summed E-state index contributed by atoms with van der Waals surface area (Å²) in [5.74, 6) is -0.497. The van der Waals surface area contributed by atoms with Gasteiger partial charge >= 0.3 is 6.03 Å². The van der Waals surface area contributed by atoms with E-state index in [9.17, 15) is 14.0 Å². The van der Waals surface area contributed by atoms with Gasteiger partial charge in [0.1, 0.15) is 24.3 Å². The first-order valence-corrected chi connectivity index (χ1v) is 10.7. The third kappa shape index (κ3) is 3.44. The Morgan fingerprint density at radius 1 is 1.06 bits per heavy atom. The monoisotopic (exact) mass is 443 g/mol. The van der Waals surface area contributed by atoms with Crippen LogP contribution in [0.2, 0.25) is 5.02 Å². The Hall–Kier alpha value is -2.68. The molecule has 3 aliphatic heterocycles. The molecule has 3 heterocycles. The molecule has 0 bridgehead atoms. The van der Waals surface area contributed by atoms with Gasteiger partial charge in [0.25, 0.3) is 5.91 Å². The largest absolute Gasteiger partial charge is 0.343 e. The van der Waals surface area contributed by atoms with E-state index in [-0.39, 0.29) is 30.6 Å². The van der Waals surface area contributed by atoms with E-state index in [4.69, 9.17) is 11.6 Å². The van der Waals surface area contributed by atoms with Crippen molar-refractivity contribution in [2.45, 2.75) is 31.5 Å². The Morgan fingerprint density at radius 3 is 2.48 bits per heavy atom. The molecule has 0 spiro atoms. The van der Waals surface area contributed by atoms with Crippen LogP contribution < -0.4 is 10.2 Å². The van der Waals surface area contributed by atoms with Crippen molar-refractivity contribution in [1.82, 2.24) is 20.0 Å². The minimum Gasteiger partial charge on any atom is -0.343 e. The Balaban J connectivity index is 1.42. The van der Waals surface area contributed by atoms with Crippen LogP contribution in [0.15, 0.2) is 48.5 Å². The number of carbonyl (C=O) groups is 2. The van der Waals surface area contributed by atoms with Gasteiger partial charge < -0.3 is 9.80 Å². The molecule has 3 amide bonds. The molecule has 31 heavy (non-hydrogen) atoms. The number of anilines is 1. The van der Waals surface area contributed by atoms with Gasteiger partial charge in [0.2, 0.25) is 0 Å². The van der Waals surface area contributed by atoms with Crippen LogP contribution in [0.5, 0.6) is 0 Å². The van der Waals surface area contributed by atoms with E-state index in [1.54, 1.807) is 36.2 Å². The molecule has 9 heteroatoms. The fourth-order valence-electron chi connectivity index (χ4n) is 4.73. The second kappa shape index (κ2) is 7.78. The van der Waals surface area contributed by atoms with Crippen molar-refractivity contribution in [3.05, 3.63) is 64.9 Å². The number of carbonyl (C=O) groups excluding carboxylic acids is 2. The predicted molar refractivity (Wildman–Crippen MR) is 115 cm³/mol. The molecule has 2 aromatic rings. The highest BCUT2D eigenvalue weighted by Gasteiger charge is 2.56. The molecular weight excluding hydrogens is 421 g/mol. The molecule has 3 saturated heterocycles. The van der Waals surface area contributed by atoms with Crippen LogP contribution >= 0.6 is 11.6 Å². The van der Waals surface area contributed by atoms with E-state index in [0.29, 0.717) is 5.02 Å². The summed E-state index contributed by atoms with van der Waals surface area (Å²) in [7, 11) is 1.72. The van der Waals surface area contributed by atoms with Crippen molar-refractivity contribution >= 4 is 29.2 Å². The normalized spacial score (nSPS) is 26.3. The van der Waals surface area contributed by atoms with Gasteiger partial charge in [-0.15, -0.1) is 0 Å². The number of nitrogens with zero attached hydrogens (tertiary/aromatic N) is 4. The molecule has 3 atom stereocenters. The average molecular weight is 444 g/mol. The summed E-state index contributed by atoms with van der Waals surface area (Å²) in [5, 5.41) is 4.06. The molecule has 3 aliphatic rings. The van der Waals surface area contributed by atoms with Gasteiger partial charge in [-0.25, -0.2) is 9.18 Å². The third-order valence-electron chi connectivity index (χ3n) is 6.28. The summed E-state index contributed by atoms with van der Waals surface area (Å²) in [6.07, 6.45) is 0.192. The molecule has 0 saturated carbocycles. The van der Waals surface area contributed by atoms with Crippen molar-refractivity contribution in [3.63, 3.8) is 0 Å². The third-order valence-corrected chi connectivity index (χ3v) is 6.53. The molecule has 1 N–H and O–H groups in total. The molecule has 0 aromatic heterocycles. The number of nitrogens with one attached hydrogen (secondary N) is 1. The second-order valence-electron chi connectivity index (χ2n) is 8.14. The standard InChI is InChI=1S/C22H23ClFN5O2/c1-26-19-18(20(30)29(22(26)31)13-14-3-5-15(23)6-4-14)28-12-2-11-27(21(28)25-19)17-9-7-16(24)8-10-17/h3-10,18-19,21,25H,2,11-13H2,1H3. The first-order valence-electron chi connectivity index (χ1n) is 10.3. The SMILES string of the molecule is CN1C(=O)N(Cc2ccc(Cl)cc2)C(=O)C2C1NC1N(c3ccc(F)cc3)CCCN21. The fraction of sp³-hybridized carbons (Fsp3) is 0.364. The molecule has 0 aliphatic carbocycles. The zero-order valence-electron chi connectivity index (χ0n) is 17.0. The minimum absolute atomic E-state index is 0.197. The zero-order valence-corrected chi connectivity index (χ0v) is 17.8. The van der Waals surface area contributed by atoms with Crippen molar-refractivity contribution < 1.29 is 14.0 Å². The van der Waals surface area contributed by atoms with Crippen molar-refractivity contribution in [3.8, 4) is 0 Å². The maximum absolute atomic E-state index is 13.5. The van der Waals surface area contributed by atoms with E-state index in [1.165, 1.54) is 17.0 Å². The number of fused-ring (bicyclic) bond motifs is 3. The molecule has 0 radical (unpaired) electrons. The number of imide groups is 1. The van der Waals surface area contributed by atoms with Crippen LogP contribution in [0.1, 0.15) is 12.0 Å². The number of urea groups is 1. The zero-order chi connectivity index (χ0) is 21.7. The smallest absolute Gasteiger partial charge is 0.328 e. The highest BCUT2D eigenvalue weighted by atomic mass is 35.5. The summed E-state index contributed by atoms with van der Waals surface area (Å²) < 4.78 is 13.4. The first-order chi connectivity index (χ1) is 14.9. The Bertz CT molecular complexity index is 1000. The van der Waals surface area contributed by atoms with Gasteiger partial charge in [0.05, 0.1) is 6.54 Å². The molecule has 2 aromatic carbocycles. The van der Waals surface area contributed by atoms with Crippen LogP contribution in [0.4, 0.5) is 14.9 Å². The van der Waals surface area contributed by atoms with Crippen molar-refractivity contribution in [1.29, 1.82) is 0 Å². The fourth-order valence-corrected chi connectivity index (χ4v) is 4.86. The van der Waals surface area contributed by atoms with Crippen LogP contribution in [0.25, 0.3) is 0 Å². The Morgan fingerprint density at radius 2 is 1.77 bits per heavy atom. The van der Waals surface area contributed by atoms with Gasteiger partial charge in [-0.05, 0) is 48.4 Å². The van der Waals surface area contributed by atoms with Gasteiger partial charge in [-0.2, -0.15) is 0 Å². The van der Waals surface area contributed by atoms with E-state index < -0.39 is 12.2 Å². The van der Waals surface area contributed by atoms with Crippen LogP contribution in [-0.2, 0) is 11.3 Å². The molecular formula is C22H23ClFN5O2. The lowest BCUT2D eigenvalue weighted by molar-refractivity contribution is -0.139. The second-order valence-corrected chi connectivity index (χ2v) is 8.57. The number of amides is 3. The van der Waals surface area contributed by atoms with Crippen LogP contribution in [0.3, 0.4) is 0 Å². The van der Waals surface area contributed by atoms with Gasteiger partial charge in [0.15, 0.2) is 0 Å². The number of hydrogen-bond acceptors (Lipinski definition) is 5. The Labute approximate surface area is 185 Å². The molecule has 162 valence electrons. The van der Waals surface area contributed by atoms with E-state index in [2.05, 4.69) is 15.1 Å². The van der Waals surface area contributed by atoms with Gasteiger partial charge in [-0.3, -0.25) is 19.9 Å². The minimum atomic E-state index is -0.483. The lowest BCUT2D eigenvalue weighted by Gasteiger charge is -2.43. The van der Waals surface area contributed by atoms with E-state index in [0.717, 1.165) is 30.8 Å². The number of halogens is 2. The van der Waals surface area contributed by atoms with Crippen molar-refractivity contribution in [2.24, 2.45) is 0 Å². The van der Waals surface area contributed by atoms with Crippen molar-refractivity contribution in [2.75, 3.05) is 25.0 Å². The number of benzene rings is 2. The average Bonchev–Trinajstić information content (AvgIpc) is 3.17. The quantitative estimate of drug-likeness (QED) is 0.790. The first kappa shape index (κ1) is 20.2. The highest BCUT2D eigenvalue weighted by Crippen LogP contribution is 2.33. The topological polar surface area (TPSA) is 59.1 Å². The van der Waals surface area contributed by atoms with Gasteiger partial charge in [-0.1, -0.05) is 23.7 Å². The van der Waals surface area contributed by atoms with Gasteiger partial charge in [0, 0.05) is 30.8 Å². The summed E-state index contributed by atoms with van der Waals surface area (Å²) in [6, 6.07) is 12.7. The summed E-state index contributed by atoms with van der Waals surface area (Å²) in [4.78, 5) is 33.7. The Kier molecular flexibility index (Phi) is 5.08. The maximum atomic E-state index is 13.5. The highest BCUT2D eigenvalue weighted by molar-refractivity contribution is 6.30. The summed E-state index contributed by atoms with van der Waals surface area (Å²) in [5.41, 5.74) is 1.72. The lowest BCUT2D eigenvalue weighted by atomic mass is 10.1. The number of rotatable bonds is 3. The van der Waals surface area contributed by atoms with Crippen LogP contribution in [-0.4, -0.2) is 65.3 Å². The molecule has 3 unspecified atom stereocenters. The van der Waals surface area contributed by atoms with E-state index in [1.807, 2.05) is 12.1 Å².